The van der Waals surface area contributed by atoms with Gasteiger partial charge in [-0.05, 0) is 30.7 Å². The van der Waals surface area contributed by atoms with E-state index in [0.29, 0.717) is 18.2 Å². The SMILES string of the molecule is COc1ncccc1COc1cc(F)ccc1C. The lowest BCUT2D eigenvalue weighted by molar-refractivity contribution is 0.290. The van der Waals surface area contributed by atoms with E-state index < -0.39 is 0 Å². The summed E-state index contributed by atoms with van der Waals surface area (Å²) in [5.41, 5.74) is 1.71. The van der Waals surface area contributed by atoms with Gasteiger partial charge in [0.15, 0.2) is 0 Å². The highest BCUT2D eigenvalue weighted by molar-refractivity contribution is 5.33. The number of aryl methyl sites for hydroxylation is 1. The molecule has 0 unspecified atom stereocenters. The number of benzene rings is 1. The van der Waals surface area contributed by atoms with Gasteiger partial charge in [0.1, 0.15) is 18.2 Å². The van der Waals surface area contributed by atoms with Gasteiger partial charge in [-0.1, -0.05) is 6.07 Å². The Labute approximate surface area is 105 Å². The van der Waals surface area contributed by atoms with Gasteiger partial charge in [0, 0.05) is 12.3 Å². The van der Waals surface area contributed by atoms with Crippen molar-refractivity contribution in [2.75, 3.05) is 7.11 Å². The summed E-state index contributed by atoms with van der Waals surface area (Å²) >= 11 is 0. The van der Waals surface area contributed by atoms with Crippen molar-refractivity contribution < 1.29 is 13.9 Å². The molecule has 1 heterocycles. The van der Waals surface area contributed by atoms with Crippen LogP contribution in [0.25, 0.3) is 0 Å². The fourth-order valence-electron chi connectivity index (χ4n) is 1.60. The minimum absolute atomic E-state index is 0.293. The lowest BCUT2D eigenvalue weighted by atomic mass is 10.2. The van der Waals surface area contributed by atoms with Crippen molar-refractivity contribution in [1.29, 1.82) is 0 Å². The van der Waals surface area contributed by atoms with Crippen LogP contribution < -0.4 is 9.47 Å². The molecule has 0 aliphatic rings. The Morgan fingerprint density at radius 3 is 2.89 bits per heavy atom. The first-order valence-corrected chi connectivity index (χ1v) is 5.57. The zero-order chi connectivity index (χ0) is 13.0. The van der Waals surface area contributed by atoms with Crippen LogP contribution in [0, 0.1) is 12.7 Å². The van der Waals surface area contributed by atoms with Crippen LogP contribution in [0.2, 0.25) is 0 Å². The van der Waals surface area contributed by atoms with Crippen molar-refractivity contribution in [2.45, 2.75) is 13.5 Å². The van der Waals surface area contributed by atoms with Crippen LogP contribution in [-0.4, -0.2) is 12.1 Å². The largest absolute Gasteiger partial charge is 0.488 e. The van der Waals surface area contributed by atoms with E-state index in [-0.39, 0.29) is 5.82 Å². The third kappa shape index (κ3) is 2.77. The smallest absolute Gasteiger partial charge is 0.219 e. The van der Waals surface area contributed by atoms with Gasteiger partial charge in [-0.25, -0.2) is 9.37 Å². The number of aromatic nitrogens is 1. The van der Waals surface area contributed by atoms with Crippen LogP contribution in [0.4, 0.5) is 4.39 Å². The second-order valence-corrected chi connectivity index (χ2v) is 3.87. The molecule has 0 N–H and O–H groups in total. The van der Waals surface area contributed by atoms with Crippen LogP contribution in [-0.2, 0) is 6.61 Å². The molecule has 0 amide bonds. The second kappa shape index (κ2) is 5.49. The first kappa shape index (κ1) is 12.4. The summed E-state index contributed by atoms with van der Waals surface area (Å²) < 4.78 is 23.8. The average molecular weight is 247 g/mol. The molecule has 0 aliphatic heterocycles. The quantitative estimate of drug-likeness (QED) is 0.831. The molecular formula is C14H14FNO2. The first-order chi connectivity index (χ1) is 8.70. The highest BCUT2D eigenvalue weighted by Gasteiger charge is 2.06. The number of rotatable bonds is 4. The minimum Gasteiger partial charge on any atom is -0.488 e. The summed E-state index contributed by atoms with van der Waals surface area (Å²) in [6.07, 6.45) is 1.65. The van der Waals surface area contributed by atoms with Crippen molar-refractivity contribution >= 4 is 0 Å². The van der Waals surface area contributed by atoms with Gasteiger partial charge >= 0.3 is 0 Å². The van der Waals surface area contributed by atoms with Crippen LogP contribution in [0.15, 0.2) is 36.5 Å². The molecule has 0 fully saturated rings. The van der Waals surface area contributed by atoms with Crippen molar-refractivity contribution in [3.05, 3.63) is 53.5 Å². The third-order valence-electron chi connectivity index (χ3n) is 2.58. The summed E-state index contributed by atoms with van der Waals surface area (Å²) in [5, 5.41) is 0. The molecule has 4 heteroatoms. The monoisotopic (exact) mass is 247 g/mol. The van der Waals surface area contributed by atoms with Gasteiger partial charge in [0.2, 0.25) is 5.88 Å². The molecule has 0 bridgehead atoms. The van der Waals surface area contributed by atoms with Crippen molar-refractivity contribution in [1.82, 2.24) is 4.98 Å². The Morgan fingerprint density at radius 2 is 2.11 bits per heavy atom. The molecule has 94 valence electrons. The minimum atomic E-state index is -0.311. The lowest BCUT2D eigenvalue weighted by Crippen LogP contribution is -2.01. The van der Waals surface area contributed by atoms with Gasteiger partial charge < -0.3 is 9.47 Å². The molecule has 18 heavy (non-hydrogen) atoms. The molecule has 0 atom stereocenters. The zero-order valence-electron chi connectivity index (χ0n) is 10.3. The summed E-state index contributed by atoms with van der Waals surface area (Å²) in [5.74, 6) is 0.737. The fraction of sp³-hybridized carbons (Fsp3) is 0.214. The Bertz CT molecular complexity index is 543. The number of hydrogen-bond donors (Lipinski definition) is 0. The Kier molecular flexibility index (Phi) is 3.77. The molecule has 3 nitrogen and oxygen atoms in total. The molecule has 0 spiro atoms. The molecule has 0 saturated heterocycles. The van der Waals surface area contributed by atoms with E-state index in [1.807, 2.05) is 13.0 Å². The van der Waals surface area contributed by atoms with E-state index >= 15 is 0 Å². The van der Waals surface area contributed by atoms with E-state index in [2.05, 4.69) is 4.98 Å². The van der Waals surface area contributed by atoms with Gasteiger partial charge in [-0.3, -0.25) is 0 Å². The van der Waals surface area contributed by atoms with Crippen molar-refractivity contribution in [3.63, 3.8) is 0 Å². The Balaban J connectivity index is 2.14. The molecule has 2 rings (SSSR count). The van der Waals surface area contributed by atoms with E-state index in [4.69, 9.17) is 9.47 Å². The molecular weight excluding hydrogens is 233 g/mol. The maximum absolute atomic E-state index is 13.1. The van der Waals surface area contributed by atoms with Crippen LogP contribution in [0.3, 0.4) is 0 Å². The maximum atomic E-state index is 13.1. The van der Waals surface area contributed by atoms with Gasteiger partial charge in [0.05, 0.1) is 12.7 Å². The van der Waals surface area contributed by atoms with Crippen LogP contribution in [0.5, 0.6) is 11.6 Å². The molecule has 0 aliphatic carbocycles. The lowest BCUT2D eigenvalue weighted by Gasteiger charge is -2.11. The first-order valence-electron chi connectivity index (χ1n) is 5.57. The predicted molar refractivity (Wildman–Crippen MR) is 66.3 cm³/mol. The van der Waals surface area contributed by atoms with Crippen molar-refractivity contribution in [3.8, 4) is 11.6 Å². The normalized spacial score (nSPS) is 10.2. The Hall–Kier alpha value is -2.10. The number of halogens is 1. The van der Waals surface area contributed by atoms with E-state index in [9.17, 15) is 4.39 Å². The summed E-state index contributed by atoms with van der Waals surface area (Å²) in [6, 6.07) is 8.14. The highest BCUT2D eigenvalue weighted by Crippen LogP contribution is 2.22. The van der Waals surface area contributed by atoms with Gasteiger partial charge in [-0.2, -0.15) is 0 Å². The predicted octanol–water partition coefficient (Wildman–Crippen LogP) is 3.12. The molecule has 1 aromatic heterocycles. The zero-order valence-corrected chi connectivity index (χ0v) is 10.3. The van der Waals surface area contributed by atoms with Crippen LogP contribution in [0.1, 0.15) is 11.1 Å². The number of methoxy groups -OCH3 is 1. The van der Waals surface area contributed by atoms with Gasteiger partial charge in [0.25, 0.3) is 0 Å². The summed E-state index contributed by atoms with van der Waals surface area (Å²) in [4.78, 5) is 4.07. The number of pyridine rings is 1. The van der Waals surface area contributed by atoms with Crippen molar-refractivity contribution in [2.24, 2.45) is 0 Å². The van der Waals surface area contributed by atoms with E-state index in [1.165, 1.54) is 12.1 Å². The summed E-state index contributed by atoms with van der Waals surface area (Å²) in [7, 11) is 1.55. The topological polar surface area (TPSA) is 31.4 Å². The van der Waals surface area contributed by atoms with Gasteiger partial charge in [-0.15, -0.1) is 0 Å². The Morgan fingerprint density at radius 1 is 1.28 bits per heavy atom. The molecule has 1 aromatic carbocycles. The molecule has 0 saturated carbocycles. The molecule has 2 aromatic rings. The fourth-order valence-corrected chi connectivity index (χ4v) is 1.60. The number of hydrogen-bond acceptors (Lipinski definition) is 3. The maximum Gasteiger partial charge on any atom is 0.219 e. The molecule has 0 radical (unpaired) electrons. The average Bonchev–Trinajstić information content (AvgIpc) is 2.40. The second-order valence-electron chi connectivity index (χ2n) is 3.87. The number of nitrogens with zero attached hydrogens (tertiary/aromatic N) is 1. The third-order valence-corrected chi connectivity index (χ3v) is 2.58. The highest BCUT2D eigenvalue weighted by atomic mass is 19.1. The standard InChI is InChI=1S/C14H14FNO2/c1-10-5-6-12(15)8-13(10)18-9-11-4-3-7-16-14(11)17-2/h3-8H,9H2,1-2H3. The van der Waals surface area contributed by atoms with E-state index in [0.717, 1.165) is 11.1 Å². The summed E-state index contributed by atoms with van der Waals surface area (Å²) in [6.45, 7) is 2.16. The number of ether oxygens (including phenoxy) is 2. The van der Waals surface area contributed by atoms with E-state index in [1.54, 1.807) is 25.4 Å². The van der Waals surface area contributed by atoms with Crippen LogP contribution >= 0.6 is 0 Å².